The van der Waals surface area contributed by atoms with Crippen molar-refractivity contribution in [3.05, 3.63) is 58.2 Å². The SMILES string of the molecule is N[N+](=O)c1ccc(Oc2c(Cl)ccc([CH]C3CC3)c2F)cn1. The number of rotatable bonds is 5. The molecular formula is C15H13ClFN3O2+. The summed E-state index contributed by atoms with van der Waals surface area (Å²) in [6.45, 7) is 0. The summed E-state index contributed by atoms with van der Waals surface area (Å²) in [6, 6.07) is 6.06. The number of benzene rings is 1. The van der Waals surface area contributed by atoms with E-state index in [1.165, 1.54) is 18.3 Å². The molecule has 22 heavy (non-hydrogen) atoms. The molecule has 1 aromatic heterocycles. The molecule has 1 saturated carbocycles. The van der Waals surface area contributed by atoms with Crippen LogP contribution in [0.5, 0.6) is 11.5 Å². The van der Waals surface area contributed by atoms with Gasteiger partial charge in [-0.2, -0.15) is 0 Å². The maximum atomic E-state index is 14.5. The van der Waals surface area contributed by atoms with Gasteiger partial charge in [0.2, 0.25) is 0 Å². The molecule has 113 valence electrons. The van der Waals surface area contributed by atoms with E-state index in [1.54, 1.807) is 12.1 Å². The Morgan fingerprint density at radius 1 is 1.36 bits per heavy atom. The summed E-state index contributed by atoms with van der Waals surface area (Å²) in [6.07, 6.45) is 5.31. The molecule has 2 aromatic rings. The van der Waals surface area contributed by atoms with E-state index in [0.717, 1.165) is 12.8 Å². The number of nitrogens with two attached hydrogens (primary N) is 1. The monoisotopic (exact) mass is 321 g/mol. The van der Waals surface area contributed by atoms with E-state index in [0.29, 0.717) is 11.5 Å². The van der Waals surface area contributed by atoms with Crippen LogP contribution in [0, 0.1) is 23.1 Å². The summed E-state index contributed by atoms with van der Waals surface area (Å²) in [4.78, 5) is 14.8. The van der Waals surface area contributed by atoms with Crippen LogP contribution in [0.25, 0.3) is 0 Å². The lowest BCUT2D eigenvalue weighted by molar-refractivity contribution is -0.478. The molecule has 1 aliphatic rings. The molecule has 0 amide bonds. The highest BCUT2D eigenvalue weighted by Gasteiger charge is 2.25. The predicted molar refractivity (Wildman–Crippen MR) is 79.3 cm³/mol. The first-order valence-electron chi connectivity index (χ1n) is 6.73. The Bertz CT molecular complexity index is 717. The molecule has 1 fully saturated rings. The highest BCUT2D eigenvalue weighted by atomic mass is 35.5. The third-order valence-electron chi connectivity index (χ3n) is 3.28. The second-order valence-corrected chi connectivity index (χ2v) is 5.47. The number of hydrogen-bond acceptors (Lipinski definition) is 3. The third kappa shape index (κ3) is 3.17. The zero-order chi connectivity index (χ0) is 15.7. The van der Waals surface area contributed by atoms with Gasteiger partial charge in [-0.05, 0) is 52.8 Å². The lowest BCUT2D eigenvalue weighted by Crippen LogP contribution is -2.10. The van der Waals surface area contributed by atoms with Crippen molar-refractivity contribution in [1.82, 2.24) is 4.98 Å². The quantitative estimate of drug-likeness (QED) is 0.515. The second kappa shape index (κ2) is 5.88. The molecule has 0 unspecified atom stereocenters. The minimum Gasteiger partial charge on any atom is -0.449 e. The molecule has 0 bridgehead atoms. The van der Waals surface area contributed by atoms with Gasteiger partial charge >= 0.3 is 5.82 Å². The van der Waals surface area contributed by atoms with Crippen molar-refractivity contribution in [3.63, 3.8) is 0 Å². The van der Waals surface area contributed by atoms with Crippen LogP contribution in [-0.4, -0.2) is 9.85 Å². The smallest absolute Gasteiger partial charge is 0.388 e. The lowest BCUT2D eigenvalue weighted by Gasteiger charge is -2.10. The molecule has 0 atom stereocenters. The van der Waals surface area contributed by atoms with Crippen molar-refractivity contribution >= 4 is 17.4 Å². The van der Waals surface area contributed by atoms with Gasteiger partial charge in [0.05, 0.1) is 9.89 Å². The number of nitroso groups, excluding NO2 is 1. The van der Waals surface area contributed by atoms with Crippen molar-refractivity contribution < 1.29 is 14.0 Å². The Hall–Kier alpha value is -2.21. The number of pyridine rings is 1. The summed E-state index contributed by atoms with van der Waals surface area (Å²) in [7, 11) is 0. The molecule has 3 rings (SSSR count). The van der Waals surface area contributed by atoms with Crippen LogP contribution < -0.4 is 10.6 Å². The van der Waals surface area contributed by atoms with E-state index in [4.69, 9.17) is 22.2 Å². The Morgan fingerprint density at radius 3 is 2.73 bits per heavy atom. The van der Waals surface area contributed by atoms with Crippen LogP contribution in [0.3, 0.4) is 0 Å². The lowest BCUT2D eigenvalue weighted by atomic mass is 10.1. The van der Waals surface area contributed by atoms with Crippen LogP contribution in [0.1, 0.15) is 18.4 Å². The summed E-state index contributed by atoms with van der Waals surface area (Å²) < 4.78 is 19.9. The Balaban J connectivity index is 1.85. The summed E-state index contributed by atoms with van der Waals surface area (Å²) in [5, 5.41) is 0.166. The van der Waals surface area contributed by atoms with E-state index in [-0.39, 0.29) is 27.2 Å². The number of nitrogens with zero attached hydrogens (tertiary/aromatic N) is 2. The molecule has 7 heteroatoms. The zero-order valence-electron chi connectivity index (χ0n) is 11.5. The second-order valence-electron chi connectivity index (χ2n) is 5.06. The van der Waals surface area contributed by atoms with Gasteiger partial charge in [0.25, 0.3) is 0 Å². The van der Waals surface area contributed by atoms with Crippen molar-refractivity contribution in [2.45, 2.75) is 12.8 Å². The summed E-state index contributed by atoms with van der Waals surface area (Å²) >= 11 is 6.01. The van der Waals surface area contributed by atoms with Gasteiger partial charge in [-0.1, -0.05) is 17.7 Å². The van der Waals surface area contributed by atoms with Crippen LogP contribution in [-0.2, 0) is 0 Å². The van der Waals surface area contributed by atoms with Crippen molar-refractivity contribution in [2.24, 2.45) is 11.8 Å². The fourth-order valence-electron chi connectivity index (χ4n) is 1.97. The first-order valence-corrected chi connectivity index (χ1v) is 7.11. The van der Waals surface area contributed by atoms with Gasteiger partial charge in [0.1, 0.15) is 0 Å². The van der Waals surface area contributed by atoms with E-state index < -0.39 is 5.82 Å². The first-order chi connectivity index (χ1) is 10.5. The average molecular weight is 322 g/mol. The van der Waals surface area contributed by atoms with Crippen LogP contribution in [0.15, 0.2) is 30.5 Å². The number of aromatic nitrogens is 1. The van der Waals surface area contributed by atoms with E-state index in [2.05, 4.69) is 4.98 Å². The predicted octanol–water partition coefficient (Wildman–Crippen LogP) is 3.91. The Labute approximate surface area is 131 Å². The normalized spacial score (nSPS) is 13.9. The fourth-order valence-corrected chi connectivity index (χ4v) is 2.15. The molecule has 1 heterocycles. The summed E-state index contributed by atoms with van der Waals surface area (Å²) in [5.74, 6) is 5.17. The molecule has 5 nitrogen and oxygen atoms in total. The van der Waals surface area contributed by atoms with Gasteiger partial charge < -0.3 is 4.74 Å². The number of hydrogen-bond donors (Lipinski definition) is 1. The van der Waals surface area contributed by atoms with Crippen LogP contribution >= 0.6 is 11.6 Å². The molecule has 1 aliphatic carbocycles. The maximum absolute atomic E-state index is 14.5. The van der Waals surface area contributed by atoms with Crippen LogP contribution in [0.4, 0.5) is 10.2 Å². The minimum absolute atomic E-state index is 0.0229. The van der Waals surface area contributed by atoms with Crippen molar-refractivity contribution in [2.75, 3.05) is 0 Å². The fraction of sp³-hybridized carbons (Fsp3) is 0.200. The Morgan fingerprint density at radius 2 is 2.14 bits per heavy atom. The van der Waals surface area contributed by atoms with Gasteiger partial charge in [0.15, 0.2) is 23.5 Å². The minimum atomic E-state index is -0.507. The highest BCUT2D eigenvalue weighted by molar-refractivity contribution is 6.32. The topological polar surface area (TPSA) is 68.2 Å². The Kier molecular flexibility index (Phi) is 3.94. The molecular weight excluding hydrogens is 309 g/mol. The number of hydrazine groups is 1. The van der Waals surface area contributed by atoms with Gasteiger partial charge in [-0.25, -0.2) is 10.2 Å². The van der Waals surface area contributed by atoms with Crippen LogP contribution in [0.2, 0.25) is 5.02 Å². The maximum Gasteiger partial charge on any atom is 0.388 e. The van der Waals surface area contributed by atoms with E-state index >= 15 is 0 Å². The average Bonchev–Trinajstić information content (AvgIpc) is 3.31. The van der Waals surface area contributed by atoms with Crippen molar-refractivity contribution in [3.8, 4) is 11.5 Å². The van der Waals surface area contributed by atoms with E-state index in [9.17, 15) is 9.30 Å². The zero-order valence-corrected chi connectivity index (χ0v) is 12.3. The highest BCUT2D eigenvalue weighted by Crippen LogP contribution is 2.39. The molecule has 0 saturated heterocycles. The molecule has 0 aliphatic heterocycles. The first kappa shape index (κ1) is 14.7. The standard InChI is InChI=1S/C15H13ClFN3O2/c16-12-5-3-10(7-9-1-2-9)14(17)15(12)22-11-4-6-13(19-8-11)20(18)21/h3-9H,1-2H2,(H2,18,21)/q+1. The largest absolute Gasteiger partial charge is 0.449 e. The van der Waals surface area contributed by atoms with Gasteiger partial charge in [-0.3, -0.25) is 0 Å². The van der Waals surface area contributed by atoms with E-state index in [1.807, 2.05) is 6.42 Å². The van der Waals surface area contributed by atoms with Gasteiger partial charge in [0, 0.05) is 6.07 Å². The number of ether oxygens (including phenoxy) is 1. The molecule has 0 spiro atoms. The van der Waals surface area contributed by atoms with Crippen molar-refractivity contribution in [1.29, 1.82) is 0 Å². The number of halogens is 2. The summed E-state index contributed by atoms with van der Waals surface area (Å²) in [5.41, 5.74) is 0.471. The van der Waals surface area contributed by atoms with Gasteiger partial charge in [-0.15, -0.1) is 0 Å². The molecule has 2 N–H and O–H groups in total. The third-order valence-corrected chi connectivity index (χ3v) is 3.58. The molecule has 1 aromatic carbocycles. The molecule has 1 radical (unpaired) electrons.